The zero-order valence-corrected chi connectivity index (χ0v) is 13.1. The Morgan fingerprint density at radius 1 is 1.25 bits per heavy atom. The molecule has 2 heteroatoms. The molecule has 16 heavy (non-hydrogen) atoms. The molecule has 0 saturated carbocycles. The van der Waals surface area contributed by atoms with Gasteiger partial charge in [-0.05, 0) is 42.5 Å². The van der Waals surface area contributed by atoms with E-state index in [-0.39, 0.29) is 0 Å². The molecular formula is C14H28OSi. The van der Waals surface area contributed by atoms with Crippen molar-refractivity contribution in [2.24, 2.45) is 5.41 Å². The lowest BCUT2D eigenvalue weighted by molar-refractivity contribution is 0.269. The van der Waals surface area contributed by atoms with Crippen LogP contribution >= 0.6 is 0 Å². The number of hydrogen-bond acceptors (Lipinski definition) is 1. The largest absolute Gasteiger partial charge is 0.547 e. The van der Waals surface area contributed by atoms with Crippen LogP contribution in [0.2, 0.25) is 18.1 Å². The van der Waals surface area contributed by atoms with Crippen molar-refractivity contribution in [1.29, 1.82) is 0 Å². The molecule has 0 bridgehead atoms. The van der Waals surface area contributed by atoms with Crippen LogP contribution in [0, 0.1) is 5.41 Å². The predicted molar refractivity (Wildman–Crippen MR) is 74.0 cm³/mol. The van der Waals surface area contributed by atoms with E-state index >= 15 is 0 Å². The number of hydrogen-bond donors (Lipinski definition) is 0. The monoisotopic (exact) mass is 240 g/mol. The first-order valence-corrected chi connectivity index (χ1v) is 9.32. The van der Waals surface area contributed by atoms with E-state index in [4.69, 9.17) is 4.43 Å². The maximum atomic E-state index is 6.34. The predicted octanol–water partition coefficient (Wildman–Crippen LogP) is 5.10. The summed E-state index contributed by atoms with van der Waals surface area (Å²) in [6.45, 7) is 16.2. The lowest BCUT2D eigenvalue weighted by Crippen LogP contribution is -2.40. The first-order chi connectivity index (χ1) is 7.04. The molecule has 0 atom stereocenters. The van der Waals surface area contributed by atoms with Gasteiger partial charge in [-0.25, -0.2) is 0 Å². The molecule has 1 aliphatic carbocycles. The molecule has 0 amide bonds. The van der Waals surface area contributed by atoms with Crippen LogP contribution < -0.4 is 0 Å². The van der Waals surface area contributed by atoms with Gasteiger partial charge in [0.25, 0.3) is 0 Å². The fraction of sp³-hybridized carbons (Fsp3) is 0.857. The summed E-state index contributed by atoms with van der Waals surface area (Å²) >= 11 is 0. The van der Waals surface area contributed by atoms with Gasteiger partial charge in [-0.1, -0.05) is 34.6 Å². The molecule has 0 aromatic heterocycles. The molecule has 0 N–H and O–H groups in total. The minimum atomic E-state index is -1.61. The van der Waals surface area contributed by atoms with Crippen molar-refractivity contribution in [3.8, 4) is 0 Å². The van der Waals surface area contributed by atoms with Gasteiger partial charge < -0.3 is 4.43 Å². The molecule has 1 aliphatic rings. The van der Waals surface area contributed by atoms with Crippen molar-refractivity contribution < 1.29 is 4.43 Å². The fourth-order valence-electron chi connectivity index (χ4n) is 1.63. The lowest BCUT2D eigenvalue weighted by Gasteiger charge is -2.39. The van der Waals surface area contributed by atoms with Crippen molar-refractivity contribution in [3.63, 3.8) is 0 Å². The van der Waals surface area contributed by atoms with Crippen LogP contribution in [0.5, 0.6) is 0 Å². The SMILES string of the molecule is CC1(C)CC=C(O[Si](C)(C)C(C)(C)C)CC1. The summed E-state index contributed by atoms with van der Waals surface area (Å²) in [6, 6.07) is 0. The van der Waals surface area contributed by atoms with Crippen LogP contribution in [-0.4, -0.2) is 8.32 Å². The van der Waals surface area contributed by atoms with Crippen molar-refractivity contribution in [2.75, 3.05) is 0 Å². The Morgan fingerprint density at radius 3 is 2.19 bits per heavy atom. The second kappa shape index (κ2) is 4.21. The molecule has 1 rings (SSSR count). The normalized spacial score (nSPS) is 21.6. The molecule has 0 saturated heterocycles. The summed E-state index contributed by atoms with van der Waals surface area (Å²) in [7, 11) is -1.61. The van der Waals surface area contributed by atoms with Gasteiger partial charge >= 0.3 is 0 Å². The maximum absolute atomic E-state index is 6.34. The third-order valence-electron chi connectivity index (χ3n) is 4.12. The molecule has 0 aliphatic heterocycles. The van der Waals surface area contributed by atoms with Gasteiger partial charge in [0.1, 0.15) is 0 Å². The minimum Gasteiger partial charge on any atom is -0.547 e. The van der Waals surface area contributed by atoms with Gasteiger partial charge in [-0.15, -0.1) is 0 Å². The van der Waals surface area contributed by atoms with E-state index in [0.29, 0.717) is 10.5 Å². The average molecular weight is 240 g/mol. The highest BCUT2D eigenvalue weighted by atomic mass is 28.4. The van der Waals surface area contributed by atoms with E-state index in [1.807, 2.05) is 0 Å². The molecule has 0 heterocycles. The fourth-order valence-corrected chi connectivity index (χ4v) is 2.78. The standard InChI is InChI=1S/C14H28OSi/c1-13(2,3)16(6,7)15-12-8-10-14(4,5)11-9-12/h8H,9-11H2,1-7H3. The van der Waals surface area contributed by atoms with Crippen LogP contribution in [0.1, 0.15) is 53.9 Å². The van der Waals surface area contributed by atoms with Crippen molar-refractivity contribution in [3.05, 3.63) is 11.8 Å². The van der Waals surface area contributed by atoms with E-state index in [2.05, 4.69) is 53.8 Å². The molecule has 0 radical (unpaired) electrons. The highest BCUT2D eigenvalue weighted by molar-refractivity contribution is 6.74. The van der Waals surface area contributed by atoms with Crippen LogP contribution in [-0.2, 0) is 4.43 Å². The highest BCUT2D eigenvalue weighted by Gasteiger charge is 2.39. The summed E-state index contributed by atoms with van der Waals surface area (Å²) in [4.78, 5) is 0. The van der Waals surface area contributed by atoms with Gasteiger partial charge in [0.2, 0.25) is 8.32 Å². The summed E-state index contributed by atoms with van der Waals surface area (Å²) in [5, 5.41) is 0.306. The van der Waals surface area contributed by atoms with Crippen LogP contribution in [0.25, 0.3) is 0 Å². The number of rotatable bonds is 2. The second-order valence-electron chi connectivity index (χ2n) is 7.40. The van der Waals surface area contributed by atoms with E-state index in [1.54, 1.807) is 0 Å². The second-order valence-corrected chi connectivity index (χ2v) is 12.1. The summed E-state index contributed by atoms with van der Waals surface area (Å²) in [6.07, 6.45) is 5.87. The molecule has 0 fully saturated rings. The Labute approximate surface area is 102 Å². The van der Waals surface area contributed by atoms with Crippen molar-refractivity contribution in [2.45, 2.75) is 72.0 Å². The van der Waals surface area contributed by atoms with Gasteiger partial charge in [-0.3, -0.25) is 0 Å². The van der Waals surface area contributed by atoms with Gasteiger partial charge in [-0.2, -0.15) is 0 Å². The zero-order chi connectivity index (χ0) is 12.6. The molecule has 1 nitrogen and oxygen atoms in total. The minimum absolute atomic E-state index is 0.306. The van der Waals surface area contributed by atoms with Gasteiger partial charge in [0.15, 0.2) is 0 Å². The van der Waals surface area contributed by atoms with Crippen LogP contribution in [0.3, 0.4) is 0 Å². The first-order valence-electron chi connectivity index (χ1n) is 6.42. The van der Waals surface area contributed by atoms with Crippen LogP contribution in [0.15, 0.2) is 11.8 Å². The maximum Gasteiger partial charge on any atom is 0.250 e. The lowest BCUT2D eigenvalue weighted by atomic mass is 9.80. The third kappa shape index (κ3) is 3.37. The molecule has 94 valence electrons. The average Bonchev–Trinajstić information content (AvgIpc) is 2.06. The topological polar surface area (TPSA) is 9.23 Å². The molecule has 0 spiro atoms. The molecule has 0 aromatic rings. The highest BCUT2D eigenvalue weighted by Crippen LogP contribution is 2.41. The Balaban J connectivity index is 2.67. The van der Waals surface area contributed by atoms with E-state index in [0.717, 1.165) is 12.8 Å². The molecular weight excluding hydrogens is 212 g/mol. The Bertz CT molecular complexity index is 282. The summed E-state index contributed by atoms with van der Waals surface area (Å²) < 4.78 is 6.34. The van der Waals surface area contributed by atoms with E-state index < -0.39 is 8.32 Å². The van der Waals surface area contributed by atoms with E-state index in [9.17, 15) is 0 Å². The Hall–Kier alpha value is -0.243. The molecule has 0 unspecified atom stereocenters. The Morgan fingerprint density at radius 2 is 1.81 bits per heavy atom. The third-order valence-corrected chi connectivity index (χ3v) is 8.51. The quantitative estimate of drug-likeness (QED) is 0.610. The number of allylic oxidation sites excluding steroid dienone is 2. The smallest absolute Gasteiger partial charge is 0.250 e. The first kappa shape index (κ1) is 13.8. The van der Waals surface area contributed by atoms with Crippen LogP contribution in [0.4, 0.5) is 0 Å². The molecule has 0 aromatic carbocycles. The van der Waals surface area contributed by atoms with Gasteiger partial charge in [0.05, 0.1) is 5.76 Å². The summed E-state index contributed by atoms with van der Waals surface area (Å²) in [5.41, 5.74) is 0.473. The van der Waals surface area contributed by atoms with Gasteiger partial charge in [0, 0.05) is 6.42 Å². The zero-order valence-electron chi connectivity index (χ0n) is 12.1. The summed E-state index contributed by atoms with van der Waals surface area (Å²) in [5.74, 6) is 1.26. The van der Waals surface area contributed by atoms with Crippen molar-refractivity contribution >= 4 is 8.32 Å². The Kier molecular flexibility index (Phi) is 3.64. The van der Waals surface area contributed by atoms with E-state index in [1.165, 1.54) is 12.2 Å². The van der Waals surface area contributed by atoms with Crippen molar-refractivity contribution in [1.82, 2.24) is 0 Å².